The molecule has 0 aromatic heterocycles. The van der Waals surface area contributed by atoms with Crippen molar-refractivity contribution in [2.24, 2.45) is 0 Å². The van der Waals surface area contributed by atoms with E-state index in [9.17, 15) is 26.7 Å². The topological polar surface area (TPSA) is 63.6 Å². The zero-order valence-electron chi connectivity index (χ0n) is 11.7. The van der Waals surface area contributed by atoms with Crippen molar-refractivity contribution in [1.29, 1.82) is 0 Å². The third kappa shape index (κ3) is 2.48. The van der Waals surface area contributed by atoms with Crippen LogP contribution in [0.4, 0.5) is 13.2 Å². The van der Waals surface area contributed by atoms with Crippen molar-refractivity contribution in [1.82, 2.24) is 0 Å². The molecule has 2 aliphatic carbocycles. The van der Waals surface area contributed by atoms with E-state index in [-0.39, 0.29) is 34.6 Å². The second kappa shape index (κ2) is 4.86. The molecule has 3 rings (SSSR count). The van der Waals surface area contributed by atoms with E-state index in [0.717, 1.165) is 12.3 Å². The van der Waals surface area contributed by atoms with Gasteiger partial charge in [0.2, 0.25) is 0 Å². The summed E-state index contributed by atoms with van der Waals surface area (Å²) in [7, 11) is -3.77. The summed E-state index contributed by atoms with van der Waals surface area (Å²) in [4.78, 5) is -0.323. The summed E-state index contributed by atoms with van der Waals surface area (Å²) in [6, 6.07) is 2.45. The minimum atomic E-state index is -3.77. The predicted molar refractivity (Wildman–Crippen MR) is 71.7 cm³/mol. The molecule has 4 nitrogen and oxygen atoms in total. The molecule has 122 valence electrons. The molecule has 1 saturated carbocycles. The molecule has 0 unspecified atom stereocenters. The second-order valence-electron chi connectivity index (χ2n) is 5.88. The summed E-state index contributed by atoms with van der Waals surface area (Å²) in [5.41, 5.74) is -0.316. The van der Waals surface area contributed by atoms with Gasteiger partial charge in [-0.25, -0.2) is 21.6 Å². The van der Waals surface area contributed by atoms with Gasteiger partial charge in [0, 0.05) is 36.6 Å². The first-order valence-corrected chi connectivity index (χ1v) is 8.71. The van der Waals surface area contributed by atoms with Crippen LogP contribution in [0.2, 0.25) is 0 Å². The largest absolute Gasteiger partial charge is 0.490 e. The fourth-order valence-corrected chi connectivity index (χ4v) is 3.81. The number of rotatable bonds is 3. The highest BCUT2D eigenvalue weighted by Gasteiger charge is 2.50. The van der Waals surface area contributed by atoms with E-state index in [4.69, 9.17) is 4.74 Å². The number of hydrogen-bond acceptors (Lipinski definition) is 4. The van der Waals surface area contributed by atoms with E-state index in [1.165, 1.54) is 6.07 Å². The van der Waals surface area contributed by atoms with E-state index in [1.807, 2.05) is 0 Å². The van der Waals surface area contributed by atoms with Crippen molar-refractivity contribution < 1.29 is 31.4 Å². The van der Waals surface area contributed by atoms with E-state index < -0.39 is 40.6 Å². The highest BCUT2D eigenvalue weighted by atomic mass is 32.2. The van der Waals surface area contributed by atoms with Gasteiger partial charge in [0.15, 0.2) is 9.84 Å². The number of halogens is 3. The molecule has 2 aliphatic rings. The Bertz CT molecular complexity index is 711. The number of benzene rings is 1. The standard InChI is InChI=1S/C14H15F3O4S/c1-22(19,20)11-3-2-10(21-8-4-7(15)5-8)9-6-14(16,17)13(18)12(9)11/h2-3,7-8,13,18H,4-6H2,1H3/t7-,8-,13-/m0/s1. The Labute approximate surface area is 125 Å². The van der Waals surface area contributed by atoms with Gasteiger partial charge in [0.1, 0.15) is 24.1 Å². The molecule has 0 amide bonds. The van der Waals surface area contributed by atoms with E-state index in [2.05, 4.69) is 0 Å². The minimum Gasteiger partial charge on any atom is -0.490 e. The van der Waals surface area contributed by atoms with Crippen molar-refractivity contribution >= 4 is 9.84 Å². The van der Waals surface area contributed by atoms with Crippen molar-refractivity contribution in [2.45, 2.75) is 48.5 Å². The van der Waals surface area contributed by atoms with Gasteiger partial charge in [0.05, 0.1) is 4.90 Å². The number of alkyl halides is 3. The van der Waals surface area contributed by atoms with Gasteiger partial charge in [-0.1, -0.05) is 0 Å². The minimum absolute atomic E-state index is 0.0114. The van der Waals surface area contributed by atoms with Gasteiger partial charge in [0.25, 0.3) is 5.92 Å². The molecule has 0 radical (unpaired) electrons. The maximum Gasteiger partial charge on any atom is 0.281 e. The third-order valence-corrected chi connectivity index (χ3v) is 5.25. The molecule has 8 heteroatoms. The van der Waals surface area contributed by atoms with Crippen LogP contribution in [0.3, 0.4) is 0 Å². The Balaban J connectivity index is 2.05. The molecule has 1 N–H and O–H groups in total. The molecule has 1 atom stereocenters. The maximum absolute atomic E-state index is 13.8. The summed E-state index contributed by atoms with van der Waals surface area (Å²) < 4.78 is 69.4. The van der Waals surface area contributed by atoms with Crippen molar-refractivity contribution in [3.8, 4) is 5.75 Å². The second-order valence-corrected chi connectivity index (χ2v) is 7.86. The Hall–Kier alpha value is -1.28. The molecule has 0 heterocycles. The lowest BCUT2D eigenvalue weighted by Gasteiger charge is -2.31. The average Bonchev–Trinajstić information content (AvgIpc) is 2.58. The smallest absolute Gasteiger partial charge is 0.281 e. The quantitative estimate of drug-likeness (QED) is 0.919. The van der Waals surface area contributed by atoms with Crippen LogP contribution >= 0.6 is 0 Å². The van der Waals surface area contributed by atoms with Crippen LogP contribution in [0.15, 0.2) is 17.0 Å². The lowest BCUT2D eigenvalue weighted by molar-refractivity contribution is -0.0977. The van der Waals surface area contributed by atoms with Crippen LogP contribution in [-0.4, -0.2) is 38.0 Å². The fourth-order valence-electron chi connectivity index (χ4n) is 2.86. The molecule has 1 aromatic rings. The monoisotopic (exact) mass is 336 g/mol. The SMILES string of the molecule is CS(=O)(=O)c1ccc(O[C@H]2C[C@H](F)C2)c2c1[C@H](O)C(F)(F)C2. The van der Waals surface area contributed by atoms with Crippen LogP contribution in [0.5, 0.6) is 5.75 Å². The first-order chi connectivity index (χ1) is 10.1. The zero-order valence-corrected chi connectivity index (χ0v) is 12.5. The molecule has 1 fully saturated rings. The van der Waals surface area contributed by atoms with Crippen LogP contribution in [-0.2, 0) is 16.3 Å². The lowest BCUT2D eigenvalue weighted by Crippen LogP contribution is -2.35. The van der Waals surface area contributed by atoms with Gasteiger partial charge >= 0.3 is 0 Å². The average molecular weight is 336 g/mol. The van der Waals surface area contributed by atoms with Crippen LogP contribution in [0.1, 0.15) is 30.1 Å². The first-order valence-electron chi connectivity index (χ1n) is 6.82. The molecule has 0 spiro atoms. The van der Waals surface area contributed by atoms with Gasteiger partial charge in [-0.3, -0.25) is 0 Å². The van der Waals surface area contributed by atoms with Crippen LogP contribution in [0, 0.1) is 0 Å². The predicted octanol–water partition coefficient (Wildman–Crippen LogP) is 2.19. The highest BCUT2D eigenvalue weighted by Crippen LogP contribution is 2.49. The number of fused-ring (bicyclic) bond motifs is 1. The number of aliphatic hydroxyl groups is 1. The Morgan fingerprint density at radius 1 is 1.32 bits per heavy atom. The summed E-state index contributed by atoms with van der Waals surface area (Å²) >= 11 is 0. The molecule has 0 saturated heterocycles. The summed E-state index contributed by atoms with van der Waals surface area (Å²) in [5.74, 6) is -3.36. The van der Waals surface area contributed by atoms with Crippen molar-refractivity contribution in [3.63, 3.8) is 0 Å². The number of aliphatic hydroxyl groups excluding tert-OH is 1. The van der Waals surface area contributed by atoms with Crippen molar-refractivity contribution in [3.05, 3.63) is 23.3 Å². The summed E-state index contributed by atoms with van der Waals surface area (Å²) in [6.07, 6.45) is -3.09. The molecule has 0 bridgehead atoms. The summed E-state index contributed by atoms with van der Waals surface area (Å²) in [5, 5.41) is 9.80. The van der Waals surface area contributed by atoms with E-state index in [0.29, 0.717) is 0 Å². The van der Waals surface area contributed by atoms with E-state index >= 15 is 0 Å². The third-order valence-electron chi connectivity index (χ3n) is 4.09. The van der Waals surface area contributed by atoms with Gasteiger partial charge in [-0.15, -0.1) is 0 Å². The first kappa shape index (κ1) is 15.6. The Morgan fingerprint density at radius 3 is 2.50 bits per heavy atom. The maximum atomic E-state index is 13.8. The highest BCUT2D eigenvalue weighted by molar-refractivity contribution is 7.90. The summed E-state index contributed by atoms with van der Waals surface area (Å²) in [6.45, 7) is 0. The molecular formula is C14H15F3O4S. The fraction of sp³-hybridized carbons (Fsp3) is 0.571. The zero-order chi connectivity index (χ0) is 16.3. The molecule has 22 heavy (non-hydrogen) atoms. The van der Waals surface area contributed by atoms with Gasteiger partial charge in [-0.2, -0.15) is 0 Å². The Kier molecular flexibility index (Phi) is 3.45. The van der Waals surface area contributed by atoms with Crippen LogP contribution < -0.4 is 4.74 Å². The number of ether oxygens (including phenoxy) is 1. The lowest BCUT2D eigenvalue weighted by atomic mass is 9.93. The normalized spacial score (nSPS) is 29.8. The van der Waals surface area contributed by atoms with Crippen LogP contribution in [0.25, 0.3) is 0 Å². The Morgan fingerprint density at radius 2 is 1.95 bits per heavy atom. The van der Waals surface area contributed by atoms with Gasteiger partial charge < -0.3 is 9.84 Å². The van der Waals surface area contributed by atoms with Gasteiger partial charge in [-0.05, 0) is 12.1 Å². The molecular weight excluding hydrogens is 321 g/mol. The van der Waals surface area contributed by atoms with Crippen molar-refractivity contribution in [2.75, 3.05) is 6.26 Å². The van der Waals surface area contributed by atoms with E-state index in [1.54, 1.807) is 0 Å². The number of hydrogen-bond donors (Lipinski definition) is 1. The molecule has 0 aliphatic heterocycles. The molecule has 1 aromatic carbocycles. The number of sulfone groups is 1.